The number of rotatable bonds is 4. The largest absolute Gasteiger partial charge is 0.322 e. The number of nitrogens with one attached hydrogen (secondary N) is 2. The first-order chi connectivity index (χ1) is 12.3. The summed E-state index contributed by atoms with van der Waals surface area (Å²) in [5.41, 5.74) is 1.44. The lowest BCUT2D eigenvalue weighted by molar-refractivity contribution is -0.126. The second-order valence-electron chi connectivity index (χ2n) is 6.91. The zero-order valence-electron chi connectivity index (χ0n) is 15.0. The van der Waals surface area contributed by atoms with Crippen molar-refractivity contribution in [3.8, 4) is 0 Å². The lowest BCUT2D eigenvalue weighted by Crippen LogP contribution is -2.60. The van der Waals surface area contributed by atoms with Crippen LogP contribution in [0.1, 0.15) is 32.4 Å². The van der Waals surface area contributed by atoms with Crippen LogP contribution < -0.4 is 15.5 Å². The van der Waals surface area contributed by atoms with E-state index in [1.54, 1.807) is 24.8 Å². The maximum absolute atomic E-state index is 13.0. The third kappa shape index (κ3) is 3.45. The number of anilines is 2. The number of halogens is 1. The van der Waals surface area contributed by atoms with Crippen LogP contribution in [0, 0.1) is 0 Å². The molecule has 2 aromatic rings. The number of amides is 2. The molecule has 0 saturated heterocycles. The summed E-state index contributed by atoms with van der Waals surface area (Å²) in [7, 11) is 0. The second-order valence-corrected chi connectivity index (χ2v) is 7.35. The van der Waals surface area contributed by atoms with Gasteiger partial charge in [-0.2, -0.15) is 0 Å². The van der Waals surface area contributed by atoms with Crippen LogP contribution in [-0.2, 0) is 9.59 Å². The molecule has 0 spiro atoms. The van der Waals surface area contributed by atoms with Crippen molar-refractivity contribution in [3.63, 3.8) is 0 Å². The van der Waals surface area contributed by atoms with Crippen LogP contribution >= 0.6 is 11.6 Å². The Morgan fingerprint density at radius 2 is 1.85 bits per heavy atom. The van der Waals surface area contributed by atoms with Gasteiger partial charge >= 0.3 is 0 Å². The van der Waals surface area contributed by atoms with Gasteiger partial charge in [-0.05, 0) is 50.6 Å². The highest BCUT2D eigenvalue weighted by Crippen LogP contribution is 2.36. The van der Waals surface area contributed by atoms with Crippen LogP contribution in [0.4, 0.5) is 11.4 Å². The van der Waals surface area contributed by atoms with E-state index in [2.05, 4.69) is 10.6 Å². The SMILES string of the molecule is CC(NCC(=O)N1c2ccccc2NC(=O)C1(C)C)c1ccc(Cl)cc1. The first-order valence-electron chi connectivity index (χ1n) is 8.53. The predicted molar refractivity (Wildman–Crippen MR) is 105 cm³/mol. The molecule has 0 saturated carbocycles. The van der Waals surface area contributed by atoms with Crippen LogP contribution in [-0.4, -0.2) is 23.9 Å². The third-order valence-electron chi connectivity index (χ3n) is 4.69. The number of hydrogen-bond donors (Lipinski definition) is 2. The Balaban J connectivity index is 1.78. The lowest BCUT2D eigenvalue weighted by Gasteiger charge is -2.42. The van der Waals surface area contributed by atoms with Crippen molar-refractivity contribution in [1.82, 2.24) is 5.32 Å². The minimum Gasteiger partial charge on any atom is -0.322 e. The molecule has 5 nitrogen and oxygen atoms in total. The normalized spacial score (nSPS) is 16.6. The molecule has 0 aromatic heterocycles. The number of fused-ring (bicyclic) bond motifs is 1. The second kappa shape index (κ2) is 7.09. The first kappa shape index (κ1) is 18.4. The van der Waals surface area contributed by atoms with E-state index < -0.39 is 5.54 Å². The monoisotopic (exact) mass is 371 g/mol. The molecular formula is C20H22ClN3O2. The predicted octanol–water partition coefficient (Wildman–Crippen LogP) is 3.75. The zero-order valence-corrected chi connectivity index (χ0v) is 15.8. The Kier molecular flexibility index (Phi) is 5.03. The van der Waals surface area contributed by atoms with Gasteiger partial charge in [0.25, 0.3) is 0 Å². The molecule has 1 atom stereocenters. The average molecular weight is 372 g/mol. The van der Waals surface area contributed by atoms with Crippen molar-refractivity contribution >= 4 is 34.8 Å². The molecule has 1 aliphatic heterocycles. The summed E-state index contributed by atoms with van der Waals surface area (Å²) in [6.07, 6.45) is 0. The molecule has 1 heterocycles. The van der Waals surface area contributed by atoms with Gasteiger partial charge in [-0.15, -0.1) is 0 Å². The maximum Gasteiger partial charge on any atom is 0.250 e. The van der Waals surface area contributed by atoms with Gasteiger partial charge in [-0.25, -0.2) is 0 Å². The topological polar surface area (TPSA) is 61.4 Å². The lowest BCUT2D eigenvalue weighted by atomic mass is 9.96. The summed E-state index contributed by atoms with van der Waals surface area (Å²) in [6.45, 7) is 5.60. The Hall–Kier alpha value is -2.37. The Morgan fingerprint density at radius 1 is 1.19 bits per heavy atom. The van der Waals surface area contributed by atoms with Crippen LogP contribution in [0.25, 0.3) is 0 Å². The number of para-hydroxylation sites is 2. The van der Waals surface area contributed by atoms with E-state index in [0.717, 1.165) is 5.56 Å². The number of carbonyl (C=O) groups excluding carboxylic acids is 2. The van der Waals surface area contributed by atoms with E-state index >= 15 is 0 Å². The zero-order chi connectivity index (χ0) is 18.9. The fraction of sp³-hybridized carbons (Fsp3) is 0.300. The number of hydrogen-bond acceptors (Lipinski definition) is 3. The molecule has 1 unspecified atom stereocenters. The van der Waals surface area contributed by atoms with Crippen molar-refractivity contribution in [1.29, 1.82) is 0 Å². The summed E-state index contributed by atoms with van der Waals surface area (Å²) in [6, 6.07) is 14.8. The molecule has 2 aromatic carbocycles. The van der Waals surface area contributed by atoms with Crippen LogP contribution in [0.3, 0.4) is 0 Å². The fourth-order valence-corrected chi connectivity index (χ4v) is 3.21. The van der Waals surface area contributed by atoms with Gasteiger partial charge in [0.15, 0.2) is 0 Å². The number of benzene rings is 2. The van der Waals surface area contributed by atoms with Crippen molar-refractivity contribution in [2.45, 2.75) is 32.4 Å². The maximum atomic E-state index is 13.0. The smallest absolute Gasteiger partial charge is 0.250 e. The van der Waals surface area contributed by atoms with Crippen molar-refractivity contribution in [2.24, 2.45) is 0 Å². The molecule has 2 N–H and O–H groups in total. The Labute approximate surface area is 158 Å². The minimum absolute atomic E-state index is 0.0202. The quantitative estimate of drug-likeness (QED) is 0.860. The molecule has 0 aliphatic carbocycles. The van der Waals surface area contributed by atoms with Crippen molar-refractivity contribution in [2.75, 3.05) is 16.8 Å². The van der Waals surface area contributed by atoms with E-state index in [9.17, 15) is 9.59 Å². The van der Waals surface area contributed by atoms with Gasteiger partial charge in [0.1, 0.15) is 5.54 Å². The standard InChI is InChI=1S/C20H22ClN3O2/c1-13(14-8-10-15(21)11-9-14)22-12-18(25)24-17-7-5-4-6-16(17)23-19(26)20(24,2)3/h4-11,13,22H,12H2,1-3H3,(H,23,26). The highest BCUT2D eigenvalue weighted by Gasteiger charge is 2.43. The summed E-state index contributed by atoms with van der Waals surface area (Å²) < 4.78 is 0. The van der Waals surface area contributed by atoms with E-state index in [-0.39, 0.29) is 24.4 Å². The molecule has 0 fully saturated rings. The molecule has 3 rings (SSSR count). The van der Waals surface area contributed by atoms with E-state index in [1.807, 2.05) is 49.4 Å². The average Bonchev–Trinajstić information content (AvgIpc) is 2.61. The van der Waals surface area contributed by atoms with Gasteiger partial charge in [-0.3, -0.25) is 14.5 Å². The van der Waals surface area contributed by atoms with Gasteiger partial charge in [-0.1, -0.05) is 35.9 Å². The van der Waals surface area contributed by atoms with Crippen LogP contribution in [0.5, 0.6) is 0 Å². The first-order valence-corrected chi connectivity index (χ1v) is 8.91. The minimum atomic E-state index is -0.962. The molecule has 0 radical (unpaired) electrons. The Bertz CT molecular complexity index is 833. The van der Waals surface area contributed by atoms with Gasteiger partial charge in [0.2, 0.25) is 11.8 Å². The molecule has 2 amide bonds. The highest BCUT2D eigenvalue weighted by atomic mass is 35.5. The summed E-state index contributed by atoms with van der Waals surface area (Å²) in [4.78, 5) is 27.0. The van der Waals surface area contributed by atoms with E-state index in [1.165, 1.54) is 0 Å². The van der Waals surface area contributed by atoms with E-state index in [0.29, 0.717) is 16.4 Å². The summed E-state index contributed by atoms with van der Waals surface area (Å²) in [5, 5.41) is 6.77. The molecule has 1 aliphatic rings. The van der Waals surface area contributed by atoms with Gasteiger partial charge in [0, 0.05) is 11.1 Å². The Morgan fingerprint density at radius 3 is 2.54 bits per heavy atom. The highest BCUT2D eigenvalue weighted by molar-refractivity contribution is 6.30. The van der Waals surface area contributed by atoms with Crippen molar-refractivity contribution < 1.29 is 9.59 Å². The van der Waals surface area contributed by atoms with E-state index in [4.69, 9.17) is 11.6 Å². The fourth-order valence-electron chi connectivity index (χ4n) is 3.09. The molecule has 26 heavy (non-hydrogen) atoms. The molecule has 0 bridgehead atoms. The van der Waals surface area contributed by atoms with Crippen LogP contribution in [0.2, 0.25) is 5.02 Å². The summed E-state index contributed by atoms with van der Waals surface area (Å²) in [5.74, 6) is -0.353. The molecular weight excluding hydrogens is 350 g/mol. The molecule has 136 valence electrons. The number of carbonyl (C=O) groups is 2. The third-order valence-corrected chi connectivity index (χ3v) is 4.94. The van der Waals surface area contributed by atoms with Gasteiger partial charge in [0.05, 0.1) is 17.9 Å². The van der Waals surface area contributed by atoms with Crippen LogP contribution in [0.15, 0.2) is 48.5 Å². The number of nitrogens with zero attached hydrogens (tertiary/aromatic N) is 1. The van der Waals surface area contributed by atoms with Gasteiger partial charge < -0.3 is 10.6 Å². The summed E-state index contributed by atoms with van der Waals surface area (Å²) >= 11 is 5.92. The van der Waals surface area contributed by atoms with Crippen molar-refractivity contribution in [3.05, 3.63) is 59.1 Å². The molecule has 6 heteroatoms.